The number of rotatable bonds is 6. The maximum absolute atomic E-state index is 12.4. The fourth-order valence-corrected chi connectivity index (χ4v) is 3.10. The summed E-state index contributed by atoms with van der Waals surface area (Å²) in [7, 11) is -3.52. The van der Waals surface area contributed by atoms with Gasteiger partial charge in [-0.3, -0.25) is 0 Å². The summed E-state index contributed by atoms with van der Waals surface area (Å²) in [4.78, 5) is 0.265. The van der Waals surface area contributed by atoms with E-state index in [1.807, 2.05) is 13.8 Å². The molecule has 0 spiro atoms. The molecule has 0 saturated carbocycles. The summed E-state index contributed by atoms with van der Waals surface area (Å²) in [5, 5.41) is 8.71. The molecule has 1 rings (SSSR count). The number of aryl methyl sites for hydroxylation is 1. The van der Waals surface area contributed by atoms with Crippen molar-refractivity contribution in [1.29, 1.82) is 0 Å². The zero-order valence-corrected chi connectivity index (χ0v) is 13.6. The summed E-state index contributed by atoms with van der Waals surface area (Å²) in [6.45, 7) is 6.23. The molecule has 2 N–H and O–H groups in total. The standard InChI is InChI=1S/C16H23NO3S/c1-4-13(2)12-17-21(19,20)16-11-15(7-5-6-10-18)9-8-14(16)3/h8-9,11,13,17-18H,4,6,10,12H2,1-3H3. The predicted octanol–water partition coefficient (Wildman–Crippen LogP) is 2.05. The van der Waals surface area contributed by atoms with E-state index in [-0.39, 0.29) is 11.5 Å². The minimum Gasteiger partial charge on any atom is -0.395 e. The topological polar surface area (TPSA) is 66.4 Å². The first-order chi connectivity index (χ1) is 9.90. The lowest BCUT2D eigenvalue weighted by Gasteiger charge is -2.12. The van der Waals surface area contributed by atoms with Crippen molar-refractivity contribution in [2.45, 2.75) is 38.5 Å². The minimum atomic E-state index is -3.52. The second kappa shape index (κ2) is 8.18. The van der Waals surface area contributed by atoms with Crippen molar-refractivity contribution < 1.29 is 13.5 Å². The van der Waals surface area contributed by atoms with Crippen molar-refractivity contribution in [2.24, 2.45) is 5.92 Å². The Morgan fingerprint density at radius 2 is 2.10 bits per heavy atom. The third-order valence-electron chi connectivity index (χ3n) is 3.27. The molecule has 0 fully saturated rings. The smallest absolute Gasteiger partial charge is 0.240 e. The molecular weight excluding hydrogens is 286 g/mol. The molecule has 116 valence electrons. The van der Waals surface area contributed by atoms with Gasteiger partial charge in [-0.2, -0.15) is 0 Å². The summed E-state index contributed by atoms with van der Waals surface area (Å²) in [5.41, 5.74) is 1.33. The maximum Gasteiger partial charge on any atom is 0.240 e. The third-order valence-corrected chi connectivity index (χ3v) is 4.83. The number of aliphatic hydroxyl groups excluding tert-OH is 1. The lowest BCUT2D eigenvalue weighted by atomic mass is 10.1. The molecule has 0 aromatic heterocycles. The molecule has 0 heterocycles. The molecule has 0 aliphatic heterocycles. The molecule has 0 bridgehead atoms. The van der Waals surface area contributed by atoms with Crippen LogP contribution in [0.4, 0.5) is 0 Å². The maximum atomic E-state index is 12.4. The Hall–Kier alpha value is -1.35. The highest BCUT2D eigenvalue weighted by atomic mass is 32.2. The van der Waals surface area contributed by atoms with Gasteiger partial charge in [0.1, 0.15) is 0 Å². The molecular formula is C16H23NO3S. The van der Waals surface area contributed by atoms with Gasteiger partial charge in [0, 0.05) is 18.5 Å². The fourth-order valence-electron chi connectivity index (χ4n) is 1.66. The molecule has 5 heteroatoms. The van der Waals surface area contributed by atoms with Crippen LogP contribution in [0.1, 0.15) is 37.8 Å². The van der Waals surface area contributed by atoms with E-state index in [0.717, 1.165) is 6.42 Å². The lowest BCUT2D eigenvalue weighted by Crippen LogP contribution is -2.28. The Morgan fingerprint density at radius 3 is 2.71 bits per heavy atom. The lowest BCUT2D eigenvalue weighted by molar-refractivity contribution is 0.305. The molecule has 1 unspecified atom stereocenters. The van der Waals surface area contributed by atoms with E-state index in [1.165, 1.54) is 0 Å². The van der Waals surface area contributed by atoms with Crippen LogP contribution in [0.2, 0.25) is 0 Å². The van der Waals surface area contributed by atoms with Gasteiger partial charge >= 0.3 is 0 Å². The summed E-state index contributed by atoms with van der Waals surface area (Å²) in [6, 6.07) is 5.12. The quantitative estimate of drug-likeness (QED) is 0.790. The first kappa shape index (κ1) is 17.7. The zero-order valence-electron chi connectivity index (χ0n) is 12.8. The number of benzene rings is 1. The Labute approximate surface area is 127 Å². The molecule has 21 heavy (non-hydrogen) atoms. The van der Waals surface area contributed by atoms with Crippen molar-refractivity contribution in [3.63, 3.8) is 0 Å². The second-order valence-corrected chi connectivity index (χ2v) is 6.86. The van der Waals surface area contributed by atoms with Crippen molar-refractivity contribution in [2.75, 3.05) is 13.2 Å². The average Bonchev–Trinajstić information content (AvgIpc) is 2.46. The van der Waals surface area contributed by atoms with Crippen molar-refractivity contribution >= 4 is 10.0 Å². The predicted molar refractivity (Wildman–Crippen MR) is 84.4 cm³/mol. The van der Waals surface area contributed by atoms with Crippen LogP contribution < -0.4 is 4.72 Å². The normalized spacial score (nSPS) is 12.6. The molecule has 0 radical (unpaired) electrons. The highest BCUT2D eigenvalue weighted by Crippen LogP contribution is 2.17. The highest BCUT2D eigenvalue weighted by molar-refractivity contribution is 7.89. The Morgan fingerprint density at radius 1 is 1.38 bits per heavy atom. The molecule has 1 aromatic rings. The second-order valence-electron chi connectivity index (χ2n) is 5.12. The van der Waals surface area contributed by atoms with Crippen LogP contribution in [0, 0.1) is 24.7 Å². The zero-order chi connectivity index (χ0) is 15.9. The SMILES string of the molecule is CCC(C)CNS(=O)(=O)c1cc(C#CCCO)ccc1C. The van der Waals surface area contributed by atoms with E-state index in [2.05, 4.69) is 16.6 Å². The van der Waals surface area contributed by atoms with Gasteiger partial charge in [-0.05, 0) is 30.5 Å². The monoisotopic (exact) mass is 309 g/mol. The van der Waals surface area contributed by atoms with Crippen LogP contribution in [0.25, 0.3) is 0 Å². The van der Waals surface area contributed by atoms with Gasteiger partial charge in [0.2, 0.25) is 10.0 Å². The van der Waals surface area contributed by atoms with Crippen LogP contribution in [0.5, 0.6) is 0 Å². The van der Waals surface area contributed by atoms with E-state index in [1.54, 1.807) is 25.1 Å². The highest BCUT2D eigenvalue weighted by Gasteiger charge is 2.17. The van der Waals surface area contributed by atoms with E-state index in [4.69, 9.17) is 5.11 Å². The fraction of sp³-hybridized carbons (Fsp3) is 0.500. The van der Waals surface area contributed by atoms with Gasteiger partial charge in [-0.15, -0.1) is 0 Å². The molecule has 0 amide bonds. The first-order valence-electron chi connectivity index (χ1n) is 7.10. The van der Waals surface area contributed by atoms with Crippen LogP contribution in [-0.4, -0.2) is 26.7 Å². The minimum absolute atomic E-state index is 0.000475. The van der Waals surface area contributed by atoms with Crippen molar-refractivity contribution in [1.82, 2.24) is 4.72 Å². The van der Waals surface area contributed by atoms with E-state index in [0.29, 0.717) is 30.0 Å². The number of hydrogen-bond donors (Lipinski definition) is 2. The summed E-state index contributed by atoms with van der Waals surface area (Å²) in [5.74, 6) is 5.95. The number of sulfonamides is 1. The third kappa shape index (κ3) is 5.50. The van der Waals surface area contributed by atoms with Crippen molar-refractivity contribution in [3.8, 4) is 11.8 Å². The van der Waals surface area contributed by atoms with Crippen LogP contribution >= 0.6 is 0 Å². The molecule has 4 nitrogen and oxygen atoms in total. The van der Waals surface area contributed by atoms with E-state index in [9.17, 15) is 8.42 Å². The first-order valence-corrected chi connectivity index (χ1v) is 8.59. The summed E-state index contributed by atoms with van der Waals surface area (Å²) >= 11 is 0. The van der Waals surface area contributed by atoms with Gasteiger partial charge < -0.3 is 5.11 Å². The van der Waals surface area contributed by atoms with Crippen LogP contribution in [0.3, 0.4) is 0 Å². The number of aliphatic hydroxyl groups is 1. The Bertz CT molecular complexity index is 627. The van der Waals surface area contributed by atoms with Gasteiger partial charge in [-0.25, -0.2) is 13.1 Å². The van der Waals surface area contributed by atoms with Gasteiger partial charge in [0.25, 0.3) is 0 Å². The van der Waals surface area contributed by atoms with Crippen LogP contribution in [0.15, 0.2) is 23.1 Å². The average molecular weight is 309 g/mol. The number of hydrogen-bond acceptors (Lipinski definition) is 3. The molecule has 1 atom stereocenters. The largest absolute Gasteiger partial charge is 0.395 e. The van der Waals surface area contributed by atoms with Gasteiger partial charge in [0.05, 0.1) is 11.5 Å². The molecule has 0 aliphatic rings. The van der Waals surface area contributed by atoms with Crippen molar-refractivity contribution in [3.05, 3.63) is 29.3 Å². The van der Waals surface area contributed by atoms with Crippen LogP contribution in [-0.2, 0) is 10.0 Å². The van der Waals surface area contributed by atoms with E-state index < -0.39 is 10.0 Å². The summed E-state index contributed by atoms with van der Waals surface area (Å²) in [6.07, 6.45) is 1.30. The van der Waals surface area contributed by atoms with Gasteiger partial charge in [-0.1, -0.05) is 38.2 Å². The molecule has 0 saturated heterocycles. The Balaban J connectivity index is 3.00. The van der Waals surface area contributed by atoms with Gasteiger partial charge in [0.15, 0.2) is 0 Å². The Kier molecular flexibility index (Phi) is 6.90. The van der Waals surface area contributed by atoms with E-state index >= 15 is 0 Å². The molecule has 1 aromatic carbocycles. The number of nitrogens with one attached hydrogen (secondary N) is 1. The summed E-state index contributed by atoms with van der Waals surface area (Å²) < 4.78 is 27.4. The molecule has 0 aliphatic carbocycles.